The molecule has 0 aliphatic rings. The third-order valence-corrected chi connectivity index (χ3v) is 3.24. The van der Waals surface area contributed by atoms with E-state index in [1.165, 1.54) is 6.07 Å². The second-order valence-corrected chi connectivity index (χ2v) is 4.73. The van der Waals surface area contributed by atoms with Gasteiger partial charge in [0.2, 0.25) is 0 Å². The molecule has 3 rings (SSSR count). The summed E-state index contributed by atoms with van der Waals surface area (Å²) in [4.78, 5) is 0. The SMILES string of the molecule is Oc1ccc(-n2ccc(-c3ccc(O)cc3Cl)n2)cc1. The highest BCUT2D eigenvalue weighted by atomic mass is 35.5. The highest BCUT2D eigenvalue weighted by Crippen LogP contribution is 2.30. The van der Waals surface area contributed by atoms with Crippen molar-refractivity contribution in [2.45, 2.75) is 0 Å². The van der Waals surface area contributed by atoms with E-state index < -0.39 is 0 Å². The molecule has 0 atom stereocenters. The molecule has 0 saturated carbocycles. The van der Waals surface area contributed by atoms with E-state index in [2.05, 4.69) is 5.10 Å². The standard InChI is InChI=1S/C15H11ClN2O2/c16-14-9-12(20)5-6-13(14)15-7-8-18(17-15)10-1-3-11(19)4-2-10/h1-9,19-20H. The average molecular weight is 287 g/mol. The number of aromatic nitrogens is 2. The third kappa shape index (κ3) is 2.33. The first-order valence-electron chi connectivity index (χ1n) is 5.97. The fourth-order valence-corrected chi connectivity index (χ4v) is 2.20. The van der Waals surface area contributed by atoms with Crippen molar-refractivity contribution in [2.75, 3.05) is 0 Å². The monoisotopic (exact) mass is 286 g/mol. The first-order valence-corrected chi connectivity index (χ1v) is 6.35. The molecule has 100 valence electrons. The Morgan fingerprint density at radius 2 is 1.60 bits per heavy atom. The average Bonchev–Trinajstić information content (AvgIpc) is 2.89. The lowest BCUT2D eigenvalue weighted by Gasteiger charge is -2.03. The predicted octanol–water partition coefficient (Wildman–Crippen LogP) is 3.60. The largest absolute Gasteiger partial charge is 0.508 e. The van der Waals surface area contributed by atoms with Crippen LogP contribution in [0.25, 0.3) is 16.9 Å². The maximum absolute atomic E-state index is 9.36. The van der Waals surface area contributed by atoms with Gasteiger partial charge in [-0.2, -0.15) is 5.10 Å². The molecular weight excluding hydrogens is 276 g/mol. The molecule has 2 aromatic carbocycles. The Morgan fingerprint density at radius 3 is 2.30 bits per heavy atom. The van der Waals surface area contributed by atoms with Crippen LogP contribution in [-0.2, 0) is 0 Å². The van der Waals surface area contributed by atoms with Gasteiger partial charge in [-0.05, 0) is 48.5 Å². The van der Waals surface area contributed by atoms with Gasteiger partial charge in [0.05, 0.1) is 16.4 Å². The van der Waals surface area contributed by atoms with Gasteiger partial charge < -0.3 is 10.2 Å². The minimum Gasteiger partial charge on any atom is -0.508 e. The molecule has 4 nitrogen and oxygen atoms in total. The van der Waals surface area contributed by atoms with Gasteiger partial charge in [0.25, 0.3) is 0 Å². The summed E-state index contributed by atoms with van der Waals surface area (Å²) in [5.74, 6) is 0.333. The summed E-state index contributed by atoms with van der Waals surface area (Å²) >= 11 is 6.10. The van der Waals surface area contributed by atoms with Gasteiger partial charge in [-0.25, -0.2) is 4.68 Å². The Kier molecular flexibility index (Phi) is 3.08. The smallest absolute Gasteiger partial charge is 0.117 e. The van der Waals surface area contributed by atoms with Crippen LogP contribution < -0.4 is 0 Å². The molecule has 0 fully saturated rings. The Labute approximate surface area is 120 Å². The Morgan fingerprint density at radius 1 is 0.900 bits per heavy atom. The van der Waals surface area contributed by atoms with Crippen molar-refractivity contribution in [3.63, 3.8) is 0 Å². The van der Waals surface area contributed by atoms with E-state index in [1.807, 2.05) is 12.3 Å². The molecule has 0 amide bonds. The quantitative estimate of drug-likeness (QED) is 0.757. The topological polar surface area (TPSA) is 58.3 Å². The summed E-state index contributed by atoms with van der Waals surface area (Å²) in [7, 11) is 0. The molecule has 2 N–H and O–H groups in total. The molecule has 0 aliphatic heterocycles. The van der Waals surface area contributed by atoms with Crippen LogP contribution in [0, 0.1) is 0 Å². The summed E-state index contributed by atoms with van der Waals surface area (Å²) in [5.41, 5.74) is 2.30. The molecule has 0 saturated heterocycles. The first kappa shape index (κ1) is 12.6. The zero-order valence-electron chi connectivity index (χ0n) is 10.4. The van der Waals surface area contributed by atoms with Gasteiger partial charge in [-0.1, -0.05) is 11.6 Å². The maximum atomic E-state index is 9.36. The minimum absolute atomic E-state index is 0.122. The maximum Gasteiger partial charge on any atom is 0.117 e. The van der Waals surface area contributed by atoms with E-state index in [0.29, 0.717) is 10.7 Å². The molecule has 5 heteroatoms. The Balaban J connectivity index is 1.99. The number of nitrogens with zero attached hydrogens (tertiary/aromatic N) is 2. The molecule has 20 heavy (non-hydrogen) atoms. The lowest BCUT2D eigenvalue weighted by Crippen LogP contribution is -1.94. The molecule has 3 aromatic rings. The van der Waals surface area contributed by atoms with E-state index in [0.717, 1.165) is 11.3 Å². The van der Waals surface area contributed by atoms with E-state index in [4.69, 9.17) is 11.6 Å². The van der Waals surface area contributed by atoms with Crippen LogP contribution in [0.15, 0.2) is 54.7 Å². The van der Waals surface area contributed by atoms with Crippen LogP contribution in [0.1, 0.15) is 0 Å². The predicted molar refractivity (Wildman–Crippen MR) is 77.3 cm³/mol. The fourth-order valence-electron chi connectivity index (χ4n) is 1.93. The highest BCUT2D eigenvalue weighted by molar-refractivity contribution is 6.33. The second kappa shape index (κ2) is 4.90. The summed E-state index contributed by atoms with van der Waals surface area (Å²) in [5, 5.41) is 23.5. The van der Waals surface area contributed by atoms with Gasteiger partial charge in [-0.3, -0.25) is 0 Å². The summed E-state index contributed by atoms with van der Waals surface area (Å²) in [6, 6.07) is 13.4. The van der Waals surface area contributed by atoms with E-state index in [9.17, 15) is 10.2 Å². The van der Waals surface area contributed by atoms with Crippen molar-refractivity contribution >= 4 is 11.6 Å². The Bertz CT molecular complexity index is 751. The molecule has 0 unspecified atom stereocenters. The zero-order valence-corrected chi connectivity index (χ0v) is 11.1. The van der Waals surface area contributed by atoms with Crippen molar-refractivity contribution in [1.29, 1.82) is 0 Å². The van der Waals surface area contributed by atoms with Gasteiger partial charge >= 0.3 is 0 Å². The summed E-state index contributed by atoms with van der Waals surface area (Å²) < 4.78 is 1.69. The number of phenols is 2. The number of phenolic OH excluding ortho intramolecular Hbond substituents is 2. The summed E-state index contributed by atoms with van der Waals surface area (Å²) in [6.07, 6.45) is 1.81. The highest BCUT2D eigenvalue weighted by Gasteiger charge is 2.08. The van der Waals surface area contributed by atoms with Crippen LogP contribution in [0.5, 0.6) is 11.5 Å². The number of aromatic hydroxyl groups is 2. The molecule has 0 aliphatic carbocycles. The van der Waals surface area contributed by atoms with Gasteiger partial charge in [0.1, 0.15) is 11.5 Å². The number of rotatable bonds is 2. The molecule has 0 bridgehead atoms. The first-order chi connectivity index (χ1) is 9.63. The number of hydrogen-bond donors (Lipinski definition) is 2. The Hall–Kier alpha value is -2.46. The molecule has 0 spiro atoms. The van der Waals surface area contributed by atoms with Crippen LogP contribution in [-0.4, -0.2) is 20.0 Å². The number of hydrogen-bond acceptors (Lipinski definition) is 3. The van der Waals surface area contributed by atoms with E-state index in [-0.39, 0.29) is 11.5 Å². The minimum atomic E-state index is 0.122. The van der Waals surface area contributed by atoms with Crippen molar-refractivity contribution in [1.82, 2.24) is 9.78 Å². The number of benzene rings is 2. The van der Waals surface area contributed by atoms with Crippen LogP contribution in [0.2, 0.25) is 5.02 Å². The van der Waals surface area contributed by atoms with Gasteiger partial charge in [-0.15, -0.1) is 0 Å². The van der Waals surface area contributed by atoms with Crippen molar-refractivity contribution in [2.24, 2.45) is 0 Å². The third-order valence-electron chi connectivity index (χ3n) is 2.93. The van der Waals surface area contributed by atoms with Crippen LogP contribution in [0.4, 0.5) is 0 Å². The lowest BCUT2D eigenvalue weighted by molar-refractivity contribution is 0.475. The number of halogens is 1. The van der Waals surface area contributed by atoms with Crippen molar-refractivity contribution < 1.29 is 10.2 Å². The normalized spacial score (nSPS) is 10.7. The molecular formula is C15H11ClN2O2. The van der Waals surface area contributed by atoms with Crippen LogP contribution in [0.3, 0.4) is 0 Å². The van der Waals surface area contributed by atoms with E-state index in [1.54, 1.807) is 41.1 Å². The van der Waals surface area contributed by atoms with Crippen molar-refractivity contribution in [3.8, 4) is 28.4 Å². The van der Waals surface area contributed by atoms with Crippen molar-refractivity contribution in [3.05, 3.63) is 59.8 Å². The van der Waals surface area contributed by atoms with E-state index >= 15 is 0 Å². The fraction of sp³-hybridized carbons (Fsp3) is 0. The lowest BCUT2D eigenvalue weighted by atomic mass is 10.1. The van der Waals surface area contributed by atoms with Gasteiger partial charge in [0, 0.05) is 11.8 Å². The molecule has 0 radical (unpaired) electrons. The summed E-state index contributed by atoms with van der Waals surface area (Å²) in [6.45, 7) is 0. The van der Waals surface area contributed by atoms with Crippen LogP contribution >= 0.6 is 11.6 Å². The second-order valence-electron chi connectivity index (χ2n) is 4.33. The molecule has 1 heterocycles. The van der Waals surface area contributed by atoms with Gasteiger partial charge in [0.15, 0.2) is 0 Å². The zero-order chi connectivity index (χ0) is 14.1. The molecule has 1 aromatic heterocycles.